The van der Waals surface area contributed by atoms with Gasteiger partial charge in [-0.25, -0.2) is 4.79 Å². The number of nitrogens with zero attached hydrogens (tertiary/aromatic N) is 4. The molecule has 3 rings (SSSR count). The zero-order valence-corrected chi connectivity index (χ0v) is 14.4. The minimum atomic E-state index is -0.598. The van der Waals surface area contributed by atoms with Gasteiger partial charge in [-0.2, -0.15) is 4.68 Å². The van der Waals surface area contributed by atoms with Gasteiger partial charge in [0.15, 0.2) is 11.5 Å². The van der Waals surface area contributed by atoms with Crippen LogP contribution in [0.3, 0.4) is 0 Å². The number of nitrogens with one attached hydrogen (secondary N) is 1. The zero-order valence-electron chi connectivity index (χ0n) is 14.4. The van der Waals surface area contributed by atoms with E-state index in [2.05, 4.69) is 20.8 Å². The second-order valence-corrected chi connectivity index (χ2v) is 5.29. The Morgan fingerprint density at radius 3 is 2.72 bits per heavy atom. The van der Waals surface area contributed by atoms with Crippen LogP contribution >= 0.6 is 0 Å². The number of aromatic nitrogens is 4. The lowest BCUT2D eigenvalue weighted by Crippen LogP contribution is -2.30. The topological polar surface area (TPSA) is 100 Å². The van der Waals surface area contributed by atoms with E-state index >= 15 is 0 Å². The fourth-order valence-corrected chi connectivity index (χ4v) is 2.98. The molecule has 0 amide bonds. The van der Waals surface area contributed by atoms with E-state index in [9.17, 15) is 4.79 Å². The Labute approximate surface area is 144 Å². The molecule has 2 aromatic rings. The molecule has 1 aromatic carbocycles. The van der Waals surface area contributed by atoms with Gasteiger partial charge in [-0.05, 0) is 22.9 Å². The maximum atomic E-state index is 12.5. The average molecular weight is 345 g/mol. The van der Waals surface area contributed by atoms with E-state index in [-0.39, 0.29) is 0 Å². The van der Waals surface area contributed by atoms with Gasteiger partial charge in [0.1, 0.15) is 6.04 Å². The van der Waals surface area contributed by atoms with Crippen molar-refractivity contribution in [1.82, 2.24) is 20.2 Å². The molecule has 9 heteroatoms. The molecule has 9 nitrogen and oxygen atoms in total. The second kappa shape index (κ2) is 6.80. The summed E-state index contributed by atoms with van der Waals surface area (Å²) in [6, 6.07) is 4.85. The van der Waals surface area contributed by atoms with Gasteiger partial charge < -0.3 is 19.5 Å². The first-order valence-electron chi connectivity index (χ1n) is 7.73. The zero-order chi connectivity index (χ0) is 18.0. The number of fused-ring (bicyclic) bond motifs is 1. The van der Waals surface area contributed by atoms with Crippen molar-refractivity contribution in [3.63, 3.8) is 0 Å². The Balaban J connectivity index is 2.28. The maximum Gasteiger partial charge on any atom is 0.338 e. The highest BCUT2D eigenvalue weighted by Crippen LogP contribution is 2.42. The largest absolute Gasteiger partial charge is 0.493 e. The van der Waals surface area contributed by atoms with Crippen molar-refractivity contribution in [3.05, 3.63) is 35.0 Å². The summed E-state index contributed by atoms with van der Waals surface area (Å²) >= 11 is 0. The first kappa shape index (κ1) is 16.7. The lowest BCUT2D eigenvalue weighted by molar-refractivity contribution is -0.136. The smallest absolute Gasteiger partial charge is 0.338 e. The third-order valence-electron chi connectivity index (χ3n) is 4.09. The van der Waals surface area contributed by atoms with E-state index in [1.165, 1.54) is 11.8 Å². The Bertz CT molecular complexity index is 830. The fourth-order valence-electron chi connectivity index (χ4n) is 2.98. The highest BCUT2D eigenvalue weighted by Gasteiger charge is 2.37. The number of para-hydroxylation sites is 1. The van der Waals surface area contributed by atoms with Crippen LogP contribution in [0.4, 0.5) is 5.95 Å². The van der Waals surface area contributed by atoms with Crippen LogP contribution in [-0.4, -0.2) is 47.5 Å². The Morgan fingerprint density at radius 2 is 2.08 bits per heavy atom. The third kappa shape index (κ3) is 2.67. The molecule has 0 bridgehead atoms. The number of benzene rings is 1. The standard InChI is InChI=1S/C16H19N5O4/c1-5-10-12(15(22)25-4)13(21-16(17-10)18-19-20-21)9-7-6-8-11(23-2)14(9)24-3/h6-8,13H,5H2,1-4H3,(H,17,18,20)/t13-/m0/s1. The molecule has 1 N–H and O–H groups in total. The minimum Gasteiger partial charge on any atom is -0.493 e. The van der Waals surface area contributed by atoms with Gasteiger partial charge in [-0.3, -0.25) is 0 Å². The molecule has 0 spiro atoms. The van der Waals surface area contributed by atoms with Crippen LogP contribution < -0.4 is 14.8 Å². The summed E-state index contributed by atoms with van der Waals surface area (Å²) in [5.41, 5.74) is 1.82. The predicted molar refractivity (Wildman–Crippen MR) is 88.5 cm³/mol. The molecule has 1 atom stereocenters. The van der Waals surface area contributed by atoms with E-state index in [0.29, 0.717) is 40.7 Å². The SMILES string of the molecule is CCC1=C(C(=O)OC)[C@H](c2cccc(OC)c2OC)n2nnnc2N1. The number of rotatable bonds is 5. The number of tetrazole rings is 1. The highest BCUT2D eigenvalue weighted by atomic mass is 16.5. The quantitative estimate of drug-likeness (QED) is 0.815. The number of hydrogen-bond acceptors (Lipinski definition) is 8. The number of carbonyl (C=O) groups is 1. The molecule has 0 unspecified atom stereocenters. The molecule has 2 heterocycles. The molecule has 0 aliphatic carbocycles. The van der Waals surface area contributed by atoms with Crippen LogP contribution in [0, 0.1) is 0 Å². The number of methoxy groups -OCH3 is 3. The Morgan fingerprint density at radius 1 is 1.28 bits per heavy atom. The summed E-state index contributed by atoms with van der Waals surface area (Å²) < 4.78 is 17.5. The van der Waals surface area contributed by atoms with Crippen molar-refractivity contribution in [2.24, 2.45) is 0 Å². The number of carbonyl (C=O) groups excluding carboxylic acids is 1. The number of allylic oxidation sites excluding steroid dienone is 1. The van der Waals surface area contributed by atoms with Crippen molar-refractivity contribution in [3.8, 4) is 11.5 Å². The normalized spacial score (nSPS) is 16.1. The summed E-state index contributed by atoms with van der Waals surface area (Å²) in [4.78, 5) is 12.5. The van der Waals surface area contributed by atoms with E-state index < -0.39 is 12.0 Å². The summed E-state index contributed by atoms with van der Waals surface area (Å²) in [6.07, 6.45) is 0.583. The number of ether oxygens (including phenoxy) is 3. The van der Waals surface area contributed by atoms with Crippen LogP contribution in [0.1, 0.15) is 24.9 Å². The first-order chi connectivity index (χ1) is 12.2. The van der Waals surface area contributed by atoms with E-state index in [4.69, 9.17) is 14.2 Å². The molecule has 1 aliphatic rings. The van der Waals surface area contributed by atoms with Crippen molar-refractivity contribution in [2.45, 2.75) is 19.4 Å². The second-order valence-electron chi connectivity index (χ2n) is 5.29. The van der Waals surface area contributed by atoms with Gasteiger partial charge in [0.25, 0.3) is 0 Å². The van der Waals surface area contributed by atoms with Crippen molar-refractivity contribution >= 4 is 11.9 Å². The molecular formula is C16H19N5O4. The molecule has 1 aromatic heterocycles. The Hall–Kier alpha value is -3.10. The van der Waals surface area contributed by atoms with Gasteiger partial charge in [-0.15, -0.1) is 0 Å². The number of anilines is 1. The van der Waals surface area contributed by atoms with Crippen LogP contribution in [0.25, 0.3) is 0 Å². The number of hydrogen-bond donors (Lipinski definition) is 1. The monoisotopic (exact) mass is 345 g/mol. The number of esters is 1. The molecule has 0 radical (unpaired) electrons. The predicted octanol–water partition coefficient (Wildman–Crippen LogP) is 1.54. The van der Waals surface area contributed by atoms with E-state index in [1.54, 1.807) is 20.3 Å². The van der Waals surface area contributed by atoms with Crippen molar-refractivity contribution < 1.29 is 19.0 Å². The molecule has 1 aliphatic heterocycles. The first-order valence-corrected chi connectivity index (χ1v) is 7.73. The van der Waals surface area contributed by atoms with E-state index in [1.807, 2.05) is 19.1 Å². The lowest BCUT2D eigenvalue weighted by atomic mass is 9.93. The van der Waals surface area contributed by atoms with E-state index in [0.717, 1.165) is 0 Å². The summed E-state index contributed by atoms with van der Waals surface area (Å²) in [6.45, 7) is 1.94. The summed E-state index contributed by atoms with van der Waals surface area (Å²) in [5.74, 6) is 1.05. The average Bonchev–Trinajstić information content (AvgIpc) is 3.13. The summed E-state index contributed by atoms with van der Waals surface area (Å²) in [5, 5.41) is 14.8. The third-order valence-corrected chi connectivity index (χ3v) is 4.09. The highest BCUT2D eigenvalue weighted by molar-refractivity contribution is 5.92. The minimum absolute atomic E-state index is 0.427. The van der Waals surface area contributed by atoms with Crippen LogP contribution in [0.5, 0.6) is 11.5 Å². The van der Waals surface area contributed by atoms with Gasteiger partial charge in [0.2, 0.25) is 5.95 Å². The van der Waals surface area contributed by atoms with Gasteiger partial charge in [0.05, 0.1) is 26.9 Å². The van der Waals surface area contributed by atoms with Crippen molar-refractivity contribution in [1.29, 1.82) is 0 Å². The fraction of sp³-hybridized carbons (Fsp3) is 0.375. The molecule has 0 saturated carbocycles. The molecule has 0 saturated heterocycles. The van der Waals surface area contributed by atoms with Crippen LogP contribution in [-0.2, 0) is 9.53 Å². The lowest BCUT2D eigenvalue weighted by Gasteiger charge is -2.29. The maximum absolute atomic E-state index is 12.5. The molecule has 25 heavy (non-hydrogen) atoms. The Kier molecular flexibility index (Phi) is 4.55. The van der Waals surface area contributed by atoms with Crippen LogP contribution in [0.15, 0.2) is 29.5 Å². The van der Waals surface area contributed by atoms with Crippen molar-refractivity contribution in [2.75, 3.05) is 26.6 Å². The van der Waals surface area contributed by atoms with Gasteiger partial charge in [-0.1, -0.05) is 24.2 Å². The van der Waals surface area contributed by atoms with Gasteiger partial charge in [0, 0.05) is 11.3 Å². The molecular weight excluding hydrogens is 326 g/mol. The summed E-state index contributed by atoms with van der Waals surface area (Å²) in [7, 11) is 4.45. The van der Waals surface area contributed by atoms with Crippen LogP contribution in [0.2, 0.25) is 0 Å². The molecule has 0 fully saturated rings. The van der Waals surface area contributed by atoms with Gasteiger partial charge >= 0.3 is 5.97 Å². The molecule has 132 valence electrons.